The quantitative estimate of drug-likeness (QED) is 0.721. The van der Waals surface area contributed by atoms with Gasteiger partial charge in [-0.1, -0.05) is 41.7 Å². The van der Waals surface area contributed by atoms with Gasteiger partial charge in [-0.3, -0.25) is 10.00 Å². The van der Waals surface area contributed by atoms with E-state index in [4.69, 9.17) is 0 Å². The fraction of sp³-hybridized carbons (Fsp3) is 0.214. The van der Waals surface area contributed by atoms with Gasteiger partial charge >= 0.3 is 6.03 Å². The third kappa shape index (κ3) is 4.33. The molecule has 0 bridgehead atoms. The van der Waals surface area contributed by atoms with E-state index in [1.54, 1.807) is 16.5 Å². The Labute approximate surface area is 136 Å². The van der Waals surface area contributed by atoms with E-state index >= 15 is 0 Å². The Morgan fingerprint density at radius 3 is 2.87 bits per heavy atom. The van der Waals surface area contributed by atoms with Crippen molar-refractivity contribution >= 4 is 22.5 Å². The van der Waals surface area contributed by atoms with E-state index in [1.165, 1.54) is 17.7 Å². The number of anilines is 1. The summed E-state index contributed by atoms with van der Waals surface area (Å²) in [4.78, 5) is 16.1. The van der Waals surface area contributed by atoms with Crippen LogP contribution in [0.25, 0.3) is 0 Å². The Kier molecular flexibility index (Phi) is 4.89. The molecule has 1 aromatic carbocycles. The number of nitrogens with zero attached hydrogens (tertiary/aromatic N) is 5. The molecule has 0 saturated carbocycles. The molecule has 0 fully saturated rings. The Hall–Kier alpha value is -2.81. The van der Waals surface area contributed by atoms with Gasteiger partial charge in [-0.2, -0.15) is 5.10 Å². The number of amides is 2. The number of benzene rings is 1. The molecule has 2 aromatic heterocycles. The minimum absolute atomic E-state index is 0.145. The maximum atomic E-state index is 12.1. The molecule has 9 heteroatoms. The number of urea groups is 1. The van der Waals surface area contributed by atoms with Crippen molar-refractivity contribution in [1.82, 2.24) is 30.3 Å². The molecular formula is C14H15N7OS. The largest absolute Gasteiger partial charge is 0.331 e. The number of aromatic nitrogens is 5. The maximum Gasteiger partial charge on any atom is 0.321 e. The zero-order valence-electron chi connectivity index (χ0n) is 12.2. The van der Waals surface area contributed by atoms with E-state index in [9.17, 15) is 4.79 Å². The summed E-state index contributed by atoms with van der Waals surface area (Å²) in [5, 5.41) is 17.7. The van der Waals surface area contributed by atoms with E-state index in [2.05, 4.69) is 30.9 Å². The lowest BCUT2D eigenvalue weighted by Gasteiger charge is -2.19. The number of carbonyl (C=O) groups excluding carboxylic acids is 1. The molecular weight excluding hydrogens is 314 g/mol. The van der Waals surface area contributed by atoms with Gasteiger partial charge in [-0.15, -0.1) is 10.2 Å². The van der Waals surface area contributed by atoms with Crippen molar-refractivity contribution in [3.63, 3.8) is 0 Å². The maximum absolute atomic E-state index is 12.1. The van der Waals surface area contributed by atoms with E-state index < -0.39 is 0 Å². The highest BCUT2D eigenvalue weighted by molar-refractivity contribution is 7.13. The number of hydrogen-bond acceptors (Lipinski definition) is 6. The third-order valence-electron chi connectivity index (χ3n) is 3.20. The van der Waals surface area contributed by atoms with Crippen LogP contribution in [0, 0.1) is 0 Å². The topological polar surface area (TPSA) is 97.6 Å². The summed E-state index contributed by atoms with van der Waals surface area (Å²) in [5.74, 6) is 0. The number of aryl methyl sites for hydroxylation is 1. The van der Waals surface area contributed by atoms with Crippen molar-refractivity contribution in [2.45, 2.75) is 19.0 Å². The highest BCUT2D eigenvalue weighted by Crippen LogP contribution is 2.18. The zero-order chi connectivity index (χ0) is 15.9. The summed E-state index contributed by atoms with van der Waals surface area (Å²) >= 11 is 1.27. The summed E-state index contributed by atoms with van der Waals surface area (Å²) in [6.45, 7) is 0.651. The molecule has 0 saturated heterocycles. The number of carbonyl (C=O) groups is 1. The van der Waals surface area contributed by atoms with E-state index in [0.717, 1.165) is 5.56 Å². The van der Waals surface area contributed by atoms with Crippen molar-refractivity contribution in [2.75, 3.05) is 5.32 Å². The molecule has 1 atom stereocenters. The average molecular weight is 329 g/mol. The number of nitrogens with one attached hydrogen (secondary N) is 2. The van der Waals surface area contributed by atoms with Crippen LogP contribution in [0.15, 0.2) is 48.5 Å². The Bertz CT molecular complexity index is 715. The Morgan fingerprint density at radius 1 is 1.30 bits per heavy atom. The standard InChI is InChI=1S/C14H15N7OS/c22-13(19-14-20-16-10-23-14)18-12(11-4-2-1-3-5-11)6-7-21-9-15-8-17-21/h1-5,8-10,12H,6-7H2,(H2,18,19,20,22)/t12-/m1/s1. The second-order valence-corrected chi connectivity index (χ2v) is 5.59. The van der Waals surface area contributed by atoms with Gasteiger partial charge in [0.1, 0.15) is 18.2 Å². The van der Waals surface area contributed by atoms with Gasteiger partial charge in [0, 0.05) is 6.54 Å². The van der Waals surface area contributed by atoms with Crippen molar-refractivity contribution in [3.05, 3.63) is 54.1 Å². The van der Waals surface area contributed by atoms with E-state index in [0.29, 0.717) is 18.1 Å². The molecule has 0 aliphatic rings. The van der Waals surface area contributed by atoms with Crippen molar-refractivity contribution in [1.29, 1.82) is 0 Å². The van der Waals surface area contributed by atoms with Gasteiger partial charge < -0.3 is 5.32 Å². The lowest BCUT2D eigenvalue weighted by atomic mass is 10.0. The SMILES string of the molecule is O=C(Nc1nncs1)N[C@H](CCn1cncn1)c1ccccc1. The monoisotopic (exact) mass is 329 g/mol. The van der Waals surface area contributed by atoms with Gasteiger partial charge in [0.25, 0.3) is 0 Å². The molecule has 23 heavy (non-hydrogen) atoms. The second-order valence-electron chi connectivity index (χ2n) is 4.75. The summed E-state index contributed by atoms with van der Waals surface area (Å²) < 4.78 is 1.74. The van der Waals surface area contributed by atoms with Gasteiger partial charge in [0.05, 0.1) is 6.04 Å². The molecule has 3 aromatic rings. The highest BCUT2D eigenvalue weighted by Gasteiger charge is 2.15. The molecule has 2 N–H and O–H groups in total. The van der Waals surface area contributed by atoms with Crippen LogP contribution >= 0.6 is 11.3 Å². The predicted octanol–water partition coefficient (Wildman–Crippen LogP) is 2.08. The van der Waals surface area contributed by atoms with Crippen LogP contribution in [0.3, 0.4) is 0 Å². The van der Waals surface area contributed by atoms with Crippen LogP contribution in [0.5, 0.6) is 0 Å². The molecule has 2 amide bonds. The predicted molar refractivity (Wildman–Crippen MR) is 85.9 cm³/mol. The minimum atomic E-state index is -0.311. The van der Waals surface area contributed by atoms with Crippen LogP contribution in [-0.4, -0.2) is 31.0 Å². The highest BCUT2D eigenvalue weighted by atomic mass is 32.1. The fourth-order valence-corrected chi connectivity index (χ4v) is 2.58. The summed E-state index contributed by atoms with van der Waals surface area (Å²) in [6, 6.07) is 9.35. The van der Waals surface area contributed by atoms with Crippen LogP contribution in [0.1, 0.15) is 18.0 Å². The van der Waals surface area contributed by atoms with Gasteiger partial charge in [-0.25, -0.2) is 9.78 Å². The third-order valence-corrected chi connectivity index (χ3v) is 3.81. The van der Waals surface area contributed by atoms with Crippen molar-refractivity contribution < 1.29 is 4.79 Å². The van der Waals surface area contributed by atoms with Crippen LogP contribution in [0.4, 0.5) is 9.93 Å². The number of hydrogen-bond donors (Lipinski definition) is 2. The van der Waals surface area contributed by atoms with Crippen molar-refractivity contribution in [3.8, 4) is 0 Å². The normalized spacial score (nSPS) is 11.8. The molecule has 8 nitrogen and oxygen atoms in total. The summed E-state index contributed by atoms with van der Waals surface area (Å²) in [7, 11) is 0. The molecule has 0 unspecified atom stereocenters. The molecule has 2 heterocycles. The van der Waals surface area contributed by atoms with Crippen LogP contribution in [0.2, 0.25) is 0 Å². The average Bonchev–Trinajstić information content (AvgIpc) is 3.26. The van der Waals surface area contributed by atoms with Gasteiger partial charge in [0.2, 0.25) is 5.13 Å². The molecule has 3 rings (SSSR count). The Balaban J connectivity index is 1.65. The molecule has 0 aliphatic carbocycles. The first-order valence-electron chi connectivity index (χ1n) is 7.02. The Morgan fingerprint density at radius 2 is 2.17 bits per heavy atom. The molecule has 118 valence electrons. The van der Waals surface area contributed by atoms with E-state index in [1.807, 2.05) is 30.3 Å². The first-order valence-corrected chi connectivity index (χ1v) is 7.90. The van der Waals surface area contributed by atoms with Crippen LogP contribution < -0.4 is 10.6 Å². The lowest BCUT2D eigenvalue weighted by Crippen LogP contribution is -2.33. The summed E-state index contributed by atoms with van der Waals surface area (Å²) in [5.41, 5.74) is 2.59. The fourth-order valence-electron chi connectivity index (χ4n) is 2.14. The first kappa shape index (κ1) is 15.1. The van der Waals surface area contributed by atoms with Crippen molar-refractivity contribution in [2.24, 2.45) is 0 Å². The van der Waals surface area contributed by atoms with E-state index in [-0.39, 0.29) is 12.1 Å². The van der Waals surface area contributed by atoms with Crippen LogP contribution in [-0.2, 0) is 6.54 Å². The zero-order valence-corrected chi connectivity index (χ0v) is 13.0. The smallest absolute Gasteiger partial charge is 0.321 e. The molecule has 0 radical (unpaired) electrons. The first-order chi connectivity index (χ1) is 11.3. The number of rotatable bonds is 6. The minimum Gasteiger partial charge on any atom is -0.331 e. The summed E-state index contributed by atoms with van der Waals surface area (Å²) in [6.07, 6.45) is 3.84. The van der Waals surface area contributed by atoms with Gasteiger partial charge in [0.15, 0.2) is 0 Å². The lowest BCUT2D eigenvalue weighted by molar-refractivity contribution is 0.247. The molecule has 0 spiro atoms. The van der Waals surface area contributed by atoms with Gasteiger partial charge in [-0.05, 0) is 12.0 Å². The molecule has 0 aliphatic heterocycles. The second kappa shape index (κ2) is 7.45.